The van der Waals surface area contributed by atoms with Gasteiger partial charge in [-0.3, -0.25) is 0 Å². The Labute approximate surface area is 186 Å². The number of sulfone groups is 1. The van der Waals surface area contributed by atoms with Gasteiger partial charge in [0.15, 0.2) is 9.84 Å². The zero-order valence-corrected chi connectivity index (χ0v) is 19.2. The van der Waals surface area contributed by atoms with Crippen LogP contribution in [0.2, 0.25) is 0 Å². The molecule has 6 nitrogen and oxygen atoms in total. The Morgan fingerprint density at radius 3 is 2.34 bits per heavy atom. The molecule has 0 amide bonds. The zero-order chi connectivity index (χ0) is 24.2. The Kier molecular flexibility index (Phi) is 7.95. The topological polar surface area (TPSA) is 79.2 Å². The summed E-state index contributed by atoms with van der Waals surface area (Å²) in [6.45, 7) is 4.10. The Morgan fingerprint density at radius 2 is 1.81 bits per heavy atom. The number of hydrogen-bond donors (Lipinski definition) is 1. The van der Waals surface area contributed by atoms with Crippen LogP contribution in [0.15, 0.2) is 47.5 Å². The van der Waals surface area contributed by atoms with Gasteiger partial charge in [-0.25, -0.2) is 13.4 Å². The number of aryl methyl sites for hydroxylation is 1. The first-order valence-electron chi connectivity index (χ1n) is 9.80. The van der Waals surface area contributed by atoms with Gasteiger partial charge in [-0.1, -0.05) is 30.3 Å². The molecule has 2 rings (SSSR count). The van der Waals surface area contributed by atoms with Crippen molar-refractivity contribution in [3.05, 3.63) is 59.2 Å². The minimum atomic E-state index is -5.27. The number of methoxy groups -OCH3 is 1. The highest BCUT2D eigenvalue weighted by atomic mass is 32.2. The molecule has 32 heavy (non-hydrogen) atoms. The molecule has 0 bridgehead atoms. The van der Waals surface area contributed by atoms with E-state index in [9.17, 15) is 26.7 Å². The molecule has 0 aliphatic carbocycles. The standard InChI is InChI=1S/C22H27F3N2O4S/c1-5-27(3)15-26-19-12-20(31-4)18(11-16(19)2)21(28,22(23,24)25)14-32(29,30)13-17-9-7-6-8-10-17/h6-12,15,28H,5,13-14H2,1-4H3/b26-15-. The van der Waals surface area contributed by atoms with E-state index in [0.717, 1.165) is 13.2 Å². The summed E-state index contributed by atoms with van der Waals surface area (Å²) in [5, 5.41) is 10.8. The minimum absolute atomic E-state index is 0.309. The summed E-state index contributed by atoms with van der Waals surface area (Å²) < 4.78 is 72.7. The molecule has 0 fully saturated rings. The predicted octanol–water partition coefficient (Wildman–Crippen LogP) is 3.98. The number of aliphatic imine (C=N–C) groups is 1. The number of hydrogen-bond acceptors (Lipinski definition) is 5. The highest BCUT2D eigenvalue weighted by molar-refractivity contribution is 7.90. The number of benzene rings is 2. The Balaban J connectivity index is 2.54. The molecular weight excluding hydrogens is 445 g/mol. The van der Waals surface area contributed by atoms with Gasteiger partial charge in [0.05, 0.1) is 30.6 Å². The van der Waals surface area contributed by atoms with E-state index in [1.54, 1.807) is 30.1 Å². The Morgan fingerprint density at radius 1 is 1.19 bits per heavy atom. The van der Waals surface area contributed by atoms with Crippen molar-refractivity contribution in [2.24, 2.45) is 4.99 Å². The first-order valence-corrected chi connectivity index (χ1v) is 11.6. The minimum Gasteiger partial charge on any atom is -0.496 e. The summed E-state index contributed by atoms with van der Waals surface area (Å²) >= 11 is 0. The fraction of sp³-hybridized carbons (Fsp3) is 0.409. The molecule has 0 saturated heterocycles. The second kappa shape index (κ2) is 9.91. The van der Waals surface area contributed by atoms with E-state index >= 15 is 0 Å². The van der Waals surface area contributed by atoms with Crippen molar-refractivity contribution in [1.82, 2.24) is 4.90 Å². The largest absolute Gasteiger partial charge is 0.496 e. The summed E-state index contributed by atoms with van der Waals surface area (Å²) in [7, 11) is -1.43. The lowest BCUT2D eigenvalue weighted by molar-refractivity contribution is -0.257. The van der Waals surface area contributed by atoms with Crippen molar-refractivity contribution in [2.75, 3.05) is 26.5 Å². The fourth-order valence-corrected chi connectivity index (χ4v) is 4.82. The summed E-state index contributed by atoms with van der Waals surface area (Å²) in [5.41, 5.74) is -3.36. The first-order chi connectivity index (χ1) is 14.8. The molecule has 2 aromatic rings. The van der Waals surface area contributed by atoms with Crippen molar-refractivity contribution in [3.63, 3.8) is 0 Å². The monoisotopic (exact) mass is 472 g/mol. The molecule has 2 aromatic carbocycles. The zero-order valence-electron chi connectivity index (χ0n) is 18.3. The number of nitrogens with zero attached hydrogens (tertiary/aromatic N) is 2. The molecule has 0 saturated carbocycles. The van der Waals surface area contributed by atoms with Crippen LogP contribution in [0.1, 0.15) is 23.6 Å². The van der Waals surface area contributed by atoms with Gasteiger partial charge < -0.3 is 14.7 Å². The number of rotatable bonds is 9. The summed E-state index contributed by atoms with van der Waals surface area (Å²) in [4.78, 5) is 6.01. The molecule has 10 heteroatoms. The van der Waals surface area contributed by atoms with Crippen LogP contribution in [0.5, 0.6) is 5.75 Å². The lowest BCUT2D eigenvalue weighted by Gasteiger charge is -2.32. The third kappa shape index (κ3) is 6.01. The van der Waals surface area contributed by atoms with E-state index in [1.165, 1.54) is 31.5 Å². The van der Waals surface area contributed by atoms with E-state index < -0.39 is 38.7 Å². The fourth-order valence-electron chi connectivity index (χ4n) is 3.06. The summed E-state index contributed by atoms with van der Waals surface area (Å²) in [6.07, 6.45) is -3.76. The molecule has 0 aliphatic rings. The molecule has 1 unspecified atom stereocenters. The number of aliphatic hydroxyl groups is 1. The average Bonchev–Trinajstić information content (AvgIpc) is 2.71. The van der Waals surface area contributed by atoms with E-state index in [-0.39, 0.29) is 5.75 Å². The van der Waals surface area contributed by atoms with Crippen molar-refractivity contribution < 1.29 is 31.4 Å². The van der Waals surface area contributed by atoms with Crippen LogP contribution in [-0.2, 0) is 21.2 Å². The van der Waals surface area contributed by atoms with Crippen LogP contribution in [0, 0.1) is 6.92 Å². The molecule has 0 spiro atoms. The summed E-state index contributed by atoms with van der Waals surface area (Å²) in [6, 6.07) is 10.2. The quantitative estimate of drug-likeness (QED) is 0.441. The maximum Gasteiger partial charge on any atom is 0.422 e. The third-order valence-corrected chi connectivity index (χ3v) is 6.61. The van der Waals surface area contributed by atoms with Gasteiger partial charge in [-0.15, -0.1) is 0 Å². The van der Waals surface area contributed by atoms with Crippen molar-refractivity contribution in [3.8, 4) is 5.75 Å². The lowest BCUT2D eigenvalue weighted by atomic mass is 9.92. The SMILES string of the molecule is CCN(C)/C=N\c1cc(OC)c(C(O)(CS(=O)(=O)Cc2ccccc2)C(F)(F)F)cc1C. The van der Waals surface area contributed by atoms with Crippen LogP contribution >= 0.6 is 0 Å². The highest BCUT2D eigenvalue weighted by Gasteiger charge is 2.58. The van der Waals surface area contributed by atoms with Gasteiger partial charge in [0.1, 0.15) is 5.75 Å². The molecule has 1 atom stereocenters. The Bertz CT molecular complexity index is 1060. The van der Waals surface area contributed by atoms with Gasteiger partial charge in [0, 0.05) is 25.2 Å². The molecule has 1 N–H and O–H groups in total. The second-order valence-corrected chi connectivity index (χ2v) is 9.60. The first kappa shape index (κ1) is 25.7. The van der Waals surface area contributed by atoms with Crippen molar-refractivity contribution in [2.45, 2.75) is 31.4 Å². The van der Waals surface area contributed by atoms with E-state index in [4.69, 9.17) is 4.74 Å². The van der Waals surface area contributed by atoms with Crippen LogP contribution in [-0.4, -0.2) is 57.4 Å². The van der Waals surface area contributed by atoms with E-state index in [1.807, 2.05) is 6.92 Å². The maximum absolute atomic E-state index is 14.1. The molecule has 176 valence electrons. The third-order valence-electron chi connectivity index (χ3n) is 4.98. The van der Waals surface area contributed by atoms with Gasteiger partial charge in [-0.2, -0.15) is 13.2 Å². The molecule has 0 heterocycles. The van der Waals surface area contributed by atoms with Gasteiger partial charge in [0.25, 0.3) is 0 Å². The van der Waals surface area contributed by atoms with Crippen molar-refractivity contribution >= 4 is 21.9 Å². The normalized spacial score (nSPS) is 14.4. The van der Waals surface area contributed by atoms with Gasteiger partial charge in [-0.05, 0) is 31.0 Å². The maximum atomic E-state index is 14.1. The van der Waals surface area contributed by atoms with Crippen molar-refractivity contribution in [1.29, 1.82) is 0 Å². The molecular formula is C22H27F3N2O4S. The molecule has 0 radical (unpaired) electrons. The predicted molar refractivity (Wildman–Crippen MR) is 118 cm³/mol. The summed E-state index contributed by atoms with van der Waals surface area (Å²) in [5.74, 6) is -2.49. The van der Waals surface area contributed by atoms with Crippen LogP contribution in [0.4, 0.5) is 18.9 Å². The number of halogens is 3. The number of alkyl halides is 3. The van der Waals surface area contributed by atoms with Gasteiger partial charge >= 0.3 is 6.18 Å². The highest BCUT2D eigenvalue weighted by Crippen LogP contribution is 2.45. The van der Waals surface area contributed by atoms with E-state index in [0.29, 0.717) is 23.4 Å². The molecule has 0 aliphatic heterocycles. The molecule has 0 aromatic heterocycles. The van der Waals surface area contributed by atoms with Gasteiger partial charge in [0.2, 0.25) is 5.60 Å². The number of ether oxygens (including phenoxy) is 1. The average molecular weight is 473 g/mol. The van der Waals surface area contributed by atoms with Crippen LogP contribution < -0.4 is 4.74 Å². The van der Waals surface area contributed by atoms with E-state index in [2.05, 4.69) is 4.99 Å². The van der Waals surface area contributed by atoms with Crippen LogP contribution in [0.25, 0.3) is 0 Å². The van der Waals surface area contributed by atoms with Crippen LogP contribution in [0.3, 0.4) is 0 Å². The smallest absolute Gasteiger partial charge is 0.422 e. The second-order valence-electron chi connectivity index (χ2n) is 7.53. The Hall–Kier alpha value is -2.59. The lowest BCUT2D eigenvalue weighted by Crippen LogP contribution is -2.48.